The summed E-state index contributed by atoms with van der Waals surface area (Å²) in [5, 5.41) is 0. The quantitative estimate of drug-likeness (QED) is 0.266. The molecule has 0 saturated heterocycles. The Morgan fingerprint density at radius 2 is 1.11 bits per heavy atom. The minimum atomic E-state index is -4.31. The van der Waals surface area contributed by atoms with Crippen molar-refractivity contribution in [1.82, 2.24) is 0 Å². The fourth-order valence-electron chi connectivity index (χ4n) is 6.14. The van der Waals surface area contributed by atoms with E-state index in [9.17, 15) is 13.2 Å². The zero-order valence-corrected chi connectivity index (χ0v) is 21.3. The number of hydrogen-bond acceptors (Lipinski definition) is 0. The van der Waals surface area contributed by atoms with Crippen molar-refractivity contribution in [3.8, 4) is 11.8 Å². The number of rotatable bonds is 7. The highest BCUT2D eigenvalue weighted by Gasteiger charge is 2.30. The third kappa shape index (κ3) is 7.76. The fourth-order valence-corrected chi connectivity index (χ4v) is 6.14. The van der Waals surface area contributed by atoms with E-state index >= 15 is 0 Å². The van der Waals surface area contributed by atoms with E-state index in [0.717, 1.165) is 35.4 Å². The molecule has 0 unspecified atom stereocenters. The fraction of sp³-hybridized carbons (Fsp3) is 0.515. The van der Waals surface area contributed by atoms with Crippen molar-refractivity contribution in [2.45, 2.75) is 89.1 Å². The third-order valence-electron chi connectivity index (χ3n) is 8.52. The first kappa shape index (κ1) is 26.6. The molecule has 2 aromatic rings. The Balaban J connectivity index is 1.19. The highest BCUT2D eigenvalue weighted by atomic mass is 19.4. The predicted octanol–water partition coefficient (Wildman–Crippen LogP) is 9.93. The maximum absolute atomic E-state index is 12.7. The van der Waals surface area contributed by atoms with Crippen LogP contribution in [0, 0.1) is 29.6 Å². The Bertz CT molecular complexity index is 1000. The van der Waals surface area contributed by atoms with E-state index in [4.69, 9.17) is 0 Å². The van der Waals surface area contributed by atoms with E-state index < -0.39 is 11.7 Å². The summed E-state index contributed by atoms with van der Waals surface area (Å²) < 4.78 is 38.1. The van der Waals surface area contributed by atoms with Gasteiger partial charge in [-0.05, 0) is 104 Å². The van der Waals surface area contributed by atoms with Crippen molar-refractivity contribution in [2.75, 3.05) is 0 Å². The first-order valence-electron chi connectivity index (χ1n) is 13.8. The lowest BCUT2D eigenvalue weighted by molar-refractivity contribution is -0.137. The first-order valence-corrected chi connectivity index (χ1v) is 13.8. The van der Waals surface area contributed by atoms with Gasteiger partial charge in [-0.1, -0.05) is 68.6 Å². The molecule has 2 aromatic carbocycles. The maximum atomic E-state index is 12.7. The molecule has 0 spiro atoms. The standard InChI is InChI=1S/C33H39F3/c1-2-3-4-25-5-7-26(8-6-25)9-10-27-13-19-30(20-14-27)31-21-15-28(16-22-31)11-12-29-17-23-32(24-18-29)33(34,35)36/h2,15-18,21-27,30H,1,3-10,13-14,19-20H2. The van der Waals surface area contributed by atoms with Crippen molar-refractivity contribution < 1.29 is 13.2 Å². The average molecular weight is 493 g/mol. The molecular weight excluding hydrogens is 453 g/mol. The van der Waals surface area contributed by atoms with Gasteiger partial charge in [-0.15, -0.1) is 6.58 Å². The Kier molecular flexibility index (Phi) is 9.35. The van der Waals surface area contributed by atoms with E-state index in [0.29, 0.717) is 11.5 Å². The van der Waals surface area contributed by atoms with Crippen LogP contribution in [-0.2, 0) is 6.18 Å². The molecule has 0 bridgehead atoms. The molecule has 2 saturated carbocycles. The van der Waals surface area contributed by atoms with Crippen molar-refractivity contribution in [1.29, 1.82) is 0 Å². The monoisotopic (exact) mass is 492 g/mol. The molecule has 0 amide bonds. The van der Waals surface area contributed by atoms with Crippen molar-refractivity contribution >= 4 is 0 Å². The zero-order chi connectivity index (χ0) is 25.4. The van der Waals surface area contributed by atoms with Gasteiger partial charge in [0.15, 0.2) is 0 Å². The zero-order valence-electron chi connectivity index (χ0n) is 21.3. The van der Waals surface area contributed by atoms with E-state index in [1.165, 1.54) is 94.7 Å². The number of alkyl halides is 3. The smallest absolute Gasteiger partial charge is 0.166 e. The lowest BCUT2D eigenvalue weighted by Crippen LogP contribution is -2.17. The lowest BCUT2D eigenvalue weighted by Gasteiger charge is -2.32. The Morgan fingerprint density at radius 1 is 0.667 bits per heavy atom. The molecule has 0 heterocycles. The molecule has 2 aliphatic rings. The molecule has 0 aliphatic heterocycles. The second-order valence-electron chi connectivity index (χ2n) is 11.0. The van der Waals surface area contributed by atoms with Crippen molar-refractivity contribution in [3.63, 3.8) is 0 Å². The summed E-state index contributed by atoms with van der Waals surface area (Å²) in [7, 11) is 0. The van der Waals surface area contributed by atoms with Gasteiger partial charge in [-0.3, -0.25) is 0 Å². The minimum absolute atomic E-state index is 0.589. The maximum Gasteiger partial charge on any atom is 0.416 e. The van der Waals surface area contributed by atoms with Gasteiger partial charge in [-0.2, -0.15) is 13.2 Å². The van der Waals surface area contributed by atoms with Crippen LogP contribution in [0.3, 0.4) is 0 Å². The van der Waals surface area contributed by atoms with Gasteiger partial charge < -0.3 is 0 Å². The minimum Gasteiger partial charge on any atom is -0.166 e. The molecule has 0 atom stereocenters. The summed E-state index contributed by atoms with van der Waals surface area (Å²) in [5.74, 6) is 9.49. The van der Waals surface area contributed by atoms with E-state index in [-0.39, 0.29) is 0 Å². The molecule has 36 heavy (non-hydrogen) atoms. The summed E-state index contributed by atoms with van der Waals surface area (Å²) >= 11 is 0. The van der Waals surface area contributed by atoms with Gasteiger partial charge in [0.05, 0.1) is 5.56 Å². The van der Waals surface area contributed by atoms with Gasteiger partial charge >= 0.3 is 6.18 Å². The second-order valence-corrected chi connectivity index (χ2v) is 11.0. The highest BCUT2D eigenvalue weighted by molar-refractivity contribution is 5.44. The highest BCUT2D eigenvalue weighted by Crippen LogP contribution is 2.40. The summed E-state index contributed by atoms with van der Waals surface area (Å²) in [6, 6.07) is 13.5. The van der Waals surface area contributed by atoms with Crippen LogP contribution in [0.25, 0.3) is 0 Å². The van der Waals surface area contributed by atoms with Crippen LogP contribution >= 0.6 is 0 Å². The van der Waals surface area contributed by atoms with Gasteiger partial charge in [0.1, 0.15) is 0 Å². The van der Waals surface area contributed by atoms with Gasteiger partial charge in [0.2, 0.25) is 0 Å². The van der Waals surface area contributed by atoms with Crippen LogP contribution in [0.5, 0.6) is 0 Å². The van der Waals surface area contributed by atoms with Gasteiger partial charge in [0, 0.05) is 11.1 Å². The van der Waals surface area contributed by atoms with Gasteiger partial charge in [-0.25, -0.2) is 0 Å². The molecule has 2 aliphatic carbocycles. The van der Waals surface area contributed by atoms with Crippen molar-refractivity contribution in [3.05, 3.63) is 83.4 Å². The average Bonchev–Trinajstić information content (AvgIpc) is 2.90. The van der Waals surface area contributed by atoms with Crippen LogP contribution in [0.4, 0.5) is 13.2 Å². The Labute approximate surface area is 215 Å². The molecule has 3 heteroatoms. The summed E-state index contributed by atoms with van der Waals surface area (Å²) in [6.07, 6.45) is 14.1. The third-order valence-corrected chi connectivity index (χ3v) is 8.52. The molecular formula is C33H39F3. The first-order chi connectivity index (χ1) is 17.4. The molecule has 2 fully saturated rings. The summed E-state index contributed by atoms with van der Waals surface area (Å²) in [6.45, 7) is 3.86. The SMILES string of the molecule is C=CCCC1CCC(CCC2CCC(c3ccc(C#Cc4ccc(C(F)(F)F)cc4)cc3)CC2)CC1. The Morgan fingerprint density at radius 3 is 1.58 bits per heavy atom. The summed E-state index contributed by atoms with van der Waals surface area (Å²) in [5.41, 5.74) is 2.23. The van der Waals surface area contributed by atoms with Crippen LogP contribution in [0.1, 0.15) is 105 Å². The van der Waals surface area contributed by atoms with Crippen LogP contribution in [0.2, 0.25) is 0 Å². The van der Waals surface area contributed by atoms with Crippen LogP contribution < -0.4 is 0 Å². The second kappa shape index (κ2) is 12.7. The normalized spacial score (nSPS) is 24.5. The number of halogens is 3. The van der Waals surface area contributed by atoms with Crippen LogP contribution in [-0.4, -0.2) is 0 Å². The van der Waals surface area contributed by atoms with E-state index in [1.807, 2.05) is 12.1 Å². The number of hydrogen-bond donors (Lipinski definition) is 0. The predicted molar refractivity (Wildman–Crippen MR) is 143 cm³/mol. The molecule has 4 rings (SSSR count). The number of allylic oxidation sites excluding steroid dienone is 1. The van der Waals surface area contributed by atoms with Crippen LogP contribution in [0.15, 0.2) is 61.2 Å². The van der Waals surface area contributed by atoms with E-state index in [1.54, 1.807) is 0 Å². The number of benzene rings is 2. The topological polar surface area (TPSA) is 0 Å². The molecule has 0 N–H and O–H groups in total. The molecule has 0 nitrogen and oxygen atoms in total. The van der Waals surface area contributed by atoms with Gasteiger partial charge in [0.25, 0.3) is 0 Å². The largest absolute Gasteiger partial charge is 0.416 e. The lowest BCUT2D eigenvalue weighted by atomic mass is 9.74. The molecule has 0 radical (unpaired) electrons. The summed E-state index contributed by atoms with van der Waals surface area (Å²) in [4.78, 5) is 0. The molecule has 192 valence electrons. The van der Waals surface area contributed by atoms with Crippen molar-refractivity contribution in [2.24, 2.45) is 17.8 Å². The Hall–Kier alpha value is -2.47. The molecule has 0 aromatic heterocycles. The van der Waals surface area contributed by atoms with E-state index in [2.05, 4.69) is 36.6 Å².